The van der Waals surface area contributed by atoms with Crippen LogP contribution in [0.1, 0.15) is 12.8 Å². The van der Waals surface area contributed by atoms with Gasteiger partial charge in [0.05, 0.1) is 0 Å². The highest BCUT2D eigenvalue weighted by atomic mass is 16.7. The van der Waals surface area contributed by atoms with Crippen LogP contribution in [-0.4, -0.2) is 21.3 Å². The third kappa shape index (κ3) is 1.12. The maximum absolute atomic E-state index is 8.27. The molecule has 0 spiro atoms. The summed E-state index contributed by atoms with van der Waals surface area (Å²) < 4.78 is 0. The molecule has 3 heteroatoms. The summed E-state index contributed by atoms with van der Waals surface area (Å²) in [6.07, 6.45) is 1.45. The van der Waals surface area contributed by atoms with Gasteiger partial charge in [-0.1, -0.05) is 0 Å². The predicted molar refractivity (Wildman–Crippen MR) is 22.1 cm³/mol. The second kappa shape index (κ2) is 1.18. The summed E-state index contributed by atoms with van der Waals surface area (Å²) in [5.74, 6) is -2.67. The summed E-state index contributed by atoms with van der Waals surface area (Å²) in [6.45, 7) is 0. The average molecular weight is 104 g/mol. The second-order valence-corrected chi connectivity index (χ2v) is 1.96. The predicted octanol–water partition coefficient (Wildman–Crippen LogP) is -0.973. The highest BCUT2D eigenvalue weighted by molar-refractivity contribution is 4.78. The van der Waals surface area contributed by atoms with Crippen LogP contribution < -0.4 is 0 Å². The van der Waals surface area contributed by atoms with Crippen molar-refractivity contribution in [1.29, 1.82) is 0 Å². The normalized spacial score (nSPS) is 22.7. The highest BCUT2D eigenvalue weighted by Gasteiger charge is 2.40. The van der Waals surface area contributed by atoms with Crippen LogP contribution in [0.2, 0.25) is 0 Å². The topological polar surface area (TPSA) is 60.7 Å². The van der Waals surface area contributed by atoms with Crippen LogP contribution in [0.3, 0.4) is 0 Å². The van der Waals surface area contributed by atoms with E-state index in [1.807, 2.05) is 0 Å². The van der Waals surface area contributed by atoms with Gasteiger partial charge in [-0.2, -0.15) is 0 Å². The van der Waals surface area contributed by atoms with Crippen molar-refractivity contribution in [3.05, 3.63) is 0 Å². The second-order valence-electron chi connectivity index (χ2n) is 1.96. The van der Waals surface area contributed by atoms with E-state index in [4.69, 9.17) is 15.3 Å². The molecule has 3 N–H and O–H groups in total. The summed E-state index contributed by atoms with van der Waals surface area (Å²) >= 11 is 0. The standard InChI is InChI=1S/C4H8O3/c5-4(6,7)3-1-2-3/h3,5-7H,1-2H2. The van der Waals surface area contributed by atoms with Crippen LogP contribution in [0.4, 0.5) is 0 Å². The number of hydrogen-bond acceptors (Lipinski definition) is 3. The molecule has 1 aliphatic rings. The number of aliphatic hydroxyl groups is 3. The molecule has 0 aromatic carbocycles. The molecule has 0 heterocycles. The number of hydrogen-bond donors (Lipinski definition) is 3. The molecule has 0 aliphatic heterocycles. The van der Waals surface area contributed by atoms with Crippen molar-refractivity contribution >= 4 is 0 Å². The van der Waals surface area contributed by atoms with Crippen LogP contribution in [0.25, 0.3) is 0 Å². The van der Waals surface area contributed by atoms with Gasteiger partial charge in [0.2, 0.25) is 0 Å². The van der Waals surface area contributed by atoms with Gasteiger partial charge in [0.25, 0.3) is 5.97 Å². The largest absolute Gasteiger partial charge is 0.343 e. The maximum Gasteiger partial charge on any atom is 0.278 e. The van der Waals surface area contributed by atoms with Gasteiger partial charge >= 0.3 is 0 Å². The maximum atomic E-state index is 8.27. The van der Waals surface area contributed by atoms with Gasteiger partial charge < -0.3 is 15.3 Å². The SMILES string of the molecule is OC(O)(O)C1CC1. The molecule has 0 amide bonds. The lowest BCUT2D eigenvalue weighted by atomic mass is 10.4. The zero-order chi connectivity index (χ0) is 5.49. The zero-order valence-electron chi connectivity index (χ0n) is 3.83. The van der Waals surface area contributed by atoms with E-state index < -0.39 is 5.97 Å². The monoisotopic (exact) mass is 104 g/mol. The first-order valence-electron chi connectivity index (χ1n) is 2.28. The lowest BCUT2D eigenvalue weighted by Gasteiger charge is -2.10. The molecule has 1 saturated carbocycles. The Kier molecular flexibility index (Phi) is 0.849. The Balaban J connectivity index is 2.36. The first-order chi connectivity index (χ1) is 3.11. The molecule has 7 heavy (non-hydrogen) atoms. The molecule has 3 nitrogen and oxygen atoms in total. The van der Waals surface area contributed by atoms with E-state index in [0.717, 1.165) is 12.8 Å². The van der Waals surface area contributed by atoms with Gasteiger partial charge in [0.15, 0.2) is 0 Å². The van der Waals surface area contributed by atoms with Crippen LogP contribution in [-0.2, 0) is 0 Å². The van der Waals surface area contributed by atoms with E-state index in [2.05, 4.69) is 0 Å². The van der Waals surface area contributed by atoms with Crippen molar-refractivity contribution in [1.82, 2.24) is 0 Å². The molecule has 1 fully saturated rings. The Labute approximate surface area is 41.2 Å². The summed E-state index contributed by atoms with van der Waals surface area (Å²) in [7, 11) is 0. The zero-order valence-corrected chi connectivity index (χ0v) is 3.83. The van der Waals surface area contributed by atoms with E-state index >= 15 is 0 Å². The molecule has 42 valence electrons. The van der Waals surface area contributed by atoms with Crippen molar-refractivity contribution in [2.24, 2.45) is 5.92 Å². The van der Waals surface area contributed by atoms with E-state index in [9.17, 15) is 0 Å². The number of rotatable bonds is 1. The Bertz CT molecular complexity index is 69.5. The van der Waals surface area contributed by atoms with Crippen molar-refractivity contribution < 1.29 is 15.3 Å². The minimum atomic E-state index is -2.39. The van der Waals surface area contributed by atoms with Gasteiger partial charge in [-0.15, -0.1) is 0 Å². The van der Waals surface area contributed by atoms with Crippen molar-refractivity contribution in [3.63, 3.8) is 0 Å². The van der Waals surface area contributed by atoms with Crippen molar-refractivity contribution in [2.75, 3.05) is 0 Å². The van der Waals surface area contributed by atoms with Crippen LogP contribution in [0.5, 0.6) is 0 Å². The van der Waals surface area contributed by atoms with Gasteiger partial charge in [0.1, 0.15) is 0 Å². The fourth-order valence-electron chi connectivity index (χ4n) is 0.471. The average Bonchev–Trinajstić information content (AvgIpc) is 1.99. The molecule has 0 saturated heterocycles. The molecular formula is C4H8O3. The highest BCUT2D eigenvalue weighted by Crippen LogP contribution is 2.36. The minimum absolute atomic E-state index is 0.285. The first kappa shape index (κ1) is 5.03. The smallest absolute Gasteiger partial charge is 0.278 e. The Hall–Kier alpha value is -0.120. The van der Waals surface area contributed by atoms with Gasteiger partial charge in [-0.05, 0) is 12.8 Å². The van der Waals surface area contributed by atoms with Gasteiger partial charge in [-0.3, -0.25) is 0 Å². The third-order valence-electron chi connectivity index (χ3n) is 1.13. The van der Waals surface area contributed by atoms with E-state index in [0.29, 0.717) is 0 Å². The molecule has 1 rings (SSSR count). The Morgan fingerprint density at radius 1 is 1.14 bits per heavy atom. The van der Waals surface area contributed by atoms with Crippen molar-refractivity contribution in [2.45, 2.75) is 18.8 Å². The van der Waals surface area contributed by atoms with Crippen LogP contribution in [0.15, 0.2) is 0 Å². The minimum Gasteiger partial charge on any atom is -0.343 e. The molecule has 0 radical (unpaired) electrons. The molecular weight excluding hydrogens is 96.0 g/mol. The van der Waals surface area contributed by atoms with E-state index in [1.54, 1.807) is 0 Å². The van der Waals surface area contributed by atoms with Gasteiger partial charge in [-0.25, -0.2) is 0 Å². The summed E-state index contributed by atoms with van der Waals surface area (Å²) in [4.78, 5) is 0. The fourth-order valence-corrected chi connectivity index (χ4v) is 0.471. The van der Waals surface area contributed by atoms with Gasteiger partial charge in [0, 0.05) is 5.92 Å². The summed E-state index contributed by atoms with van der Waals surface area (Å²) in [5, 5.41) is 24.8. The lowest BCUT2D eigenvalue weighted by molar-refractivity contribution is -0.324. The van der Waals surface area contributed by atoms with Crippen LogP contribution in [0, 0.1) is 5.92 Å². The Morgan fingerprint density at radius 3 is 1.57 bits per heavy atom. The van der Waals surface area contributed by atoms with Crippen molar-refractivity contribution in [3.8, 4) is 0 Å². The summed E-state index contributed by atoms with van der Waals surface area (Å²) in [5.41, 5.74) is 0. The van der Waals surface area contributed by atoms with Crippen LogP contribution >= 0.6 is 0 Å². The third-order valence-corrected chi connectivity index (χ3v) is 1.13. The molecule has 0 aromatic rings. The molecule has 0 aromatic heterocycles. The molecule has 0 bridgehead atoms. The lowest BCUT2D eigenvalue weighted by Crippen LogP contribution is -2.29. The van der Waals surface area contributed by atoms with E-state index in [-0.39, 0.29) is 5.92 Å². The summed E-state index contributed by atoms with van der Waals surface area (Å²) in [6, 6.07) is 0. The Morgan fingerprint density at radius 2 is 1.57 bits per heavy atom. The molecule has 1 aliphatic carbocycles. The molecule has 0 unspecified atom stereocenters. The molecule has 0 atom stereocenters. The van der Waals surface area contributed by atoms with E-state index in [1.165, 1.54) is 0 Å². The fraction of sp³-hybridized carbons (Fsp3) is 1.00. The first-order valence-corrected chi connectivity index (χ1v) is 2.28. The quantitative estimate of drug-likeness (QED) is 0.375.